The SMILES string of the molecule is CCCCN(C)CC(=O)O.N. The summed E-state index contributed by atoms with van der Waals surface area (Å²) in [6.45, 7) is 3.12. The molecular weight excluding hydrogens is 144 g/mol. The molecule has 0 unspecified atom stereocenters. The molecule has 4 heteroatoms. The van der Waals surface area contributed by atoms with Crippen LogP contribution in [0.2, 0.25) is 0 Å². The van der Waals surface area contributed by atoms with E-state index in [4.69, 9.17) is 5.11 Å². The van der Waals surface area contributed by atoms with Gasteiger partial charge in [0.2, 0.25) is 0 Å². The lowest BCUT2D eigenvalue weighted by Crippen LogP contribution is -2.26. The predicted molar refractivity (Wildman–Crippen MR) is 45.1 cm³/mol. The number of nitrogens with zero attached hydrogens (tertiary/aromatic N) is 1. The van der Waals surface area contributed by atoms with Gasteiger partial charge in [0.1, 0.15) is 0 Å². The zero-order valence-electron chi connectivity index (χ0n) is 7.34. The number of aliphatic carboxylic acids is 1. The molecule has 0 fully saturated rings. The Hall–Kier alpha value is -0.610. The fourth-order valence-corrected chi connectivity index (χ4v) is 0.738. The van der Waals surface area contributed by atoms with Crippen molar-refractivity contribution in [2.75, 3.05) is 20.1 Å². The van der Waals surface area contributed by atoms with Gasteiger partial charge in [-0.25, -0.2) is 0 Å². The molecule has 68 valence electrons. The molecule has 0 saturated heterocycles. The molecule has 0 aromatic heterocycles. The molecular formula is C7H18N2O2. The summed E-state index contributed by atoms with van der Waals surface area (Å²) in [7, 11) is 1.82. The second kappa shape index (κ2) is 7.50. The van der Waals surface area contributed by atoms with Gasteiger partial charge in [0.15, 0.2) is 0 Å². The van der Waals surface area contributed by atoms with E-state index in [1.165, 1.54) is 0 Å². The highest BCUT2D eigenvalue weighted by molar-refractivity contribution is 5.68. The molecule has 4 N–H and O–H groups in total. The van der Waals surface area contributed by atoms with Crippen LogP contribution in [0.25, 0.3) is 0 Å². The molecule has 0 aromatic carbocycles. The second-order valence-electron chi connectivity index (χ2n) is 2.49. The van der Waals surface area contributed by atoms with E-state index < -0.39 is 5.97 Å². The number of unbranched alkanes of at least 4 members (excludes halogenated alkanes) is 1. The second-order valence-corrected chi connectivity index (χ2v) is 2.49. The Morgan fingerprint density at radius 1 is 1.55 bits per heavy atom. The monoisotopic (exact) mass is 162 g/mol. The van der Waals surface area contributed by atoms with E-state index in [1.807, 2.05) is 11.9 Å². The van der Waals surface area contributed by atoms with Crippen molar-refractivity contribution in [2.45, 2.75) is 19.8 Å². The average Bonchev–Trinajstić information content (AvgIpc) is 1.82. The lowest BCUT2D eigenvalue weighted by Gasteiger charge is -2.11. The summed E-state index contributed by atoms with van der Waals surface area (Å²) < 4.78 is 0. The van der Waals surface area contributed by atoms with Crippen LogP contribution < -0.4 is 6.15 Å². The number of carboxylic acid groups (broad SMARTS) is 1. The van der Waals surface area contributed by atoms with Gasteiger partial charge in [0.05, 0.1) is 6.54 Å². The van der Waals surface area contributed by atoms with Gasteiger partial charge in [-0.1, -0.05) is 13.3 Å². The highest BCUT2D eigenvalue weighted by Gasteiger charge is 2.01. The summed E-state index contributed by atoms with van der Waals surface area (Å²) in [6.07, 6.45) is 2.19. The number of carboxylic acids is 1. The topological polar surface area (TPSA) is 75.5 Å². The van der Waals surface area contributed by atoms with Crippen LogP contribution in [0.1, 0.15) is 19.8 Å². The van der Waals surface area contributed by atoms with Gasteiger partial charge in [0.25, 0.3) is 0 Å². The third kappa shape index (κ3) is 9.39. The zero-order valence-corrected chi connectivity index (χ0v) is 7.34. The van der Waals surface area contributed by atoms with E-state index in [9.17, 15) is 4.79 Å². The number of carbonyl (C=O) groups is 1. The molecule has 0 heterocycles. The van der Waals surface area contributed by atoms with Gasteiger partial charge in [-0.2, -0.15) is 0 Å². The standard InChI is InChI=1S/C7H15NO2.H3N/c1-3-4-5-8(2)6-7(9)10;/h3-6H2,1-2H3,(H,9,10);1H3. The maximum Gasteiger partial charge on any atom is 0.317 e. The molecule has 0 amide bonds. The van der Waals surface area contributed by atoms with Crippen molar-refractivity contribution in [1.29, 1.82) is 0 Å². The van der Waals surface area contributed by atoms with Crippen LogP contribution in [0, 0.1) is 0 Å². The summed E-state index contributed by atoms with van der Waals surface area (Å²) >= 11 is 0. The predicted octanol–water partition coefficient (Wildman–Crippen LogP) is 0.965. The molecule has 4 nitrogen and oxygen atoms in total. The van der Waals surface area contributed by atoms with Crippen molar-refractivity contribution in [3.63, 3.8) is 0 Å². The van der Waals surface area contributed by atoms with Gasteiger partial charge in [-0.15, -0.1) is 0 Å². The fraction of sp³-hybridized carbons (Fsp3) is 0.857. The number of rotatable bonds is 5. The first-order valence-corrected chi connectivity index (χ1v) is 3.57. The van der Waals surface area contributed by atoms with Crippen molar-refractivity contribution in [2.24, 2.45) is 0 Å². The zero-order chi connectivity index (χ0) is 7.98. The molecule has 0 aliphatic carbocycles. The van der Waals surface area contributed by atoms with E-state index in [1.54, 1.807) is 0 Å². The van der Waals surface area contributed by atoms with E-state index >= 15 is 0 Å². The Bertz CT molecular complexity index is 107. The van der Waals surface area contributed by atoms with Gasteiger partial charge in [-0.3, -0.25) is 9.69 Å². The Morgan fingerprint density at radius 3 is 2.45 bits per heavy atom. The summed E-state index contributed by atoms with van der Waals surface area (Å²) in [5.41, 5.74) is 0. The Labute approximate surface area is 67.8 Å². The molecule has 0 radical (unpaired) electrons. The Balaban J connectivity index is 0. The van der Waals surface area contributed by atoms with Crippen LogP contribution in [0.5, 0.6) is 0 Å². The molecule has 0 atom stereocenters. The first-order valence-electron chi connectivity index (χ1n) is 3.57. The summed E-state index contributed by atoms with van der Waals surface area (Å²) in [6, 6.07) is 0. The number of likely N-dealkylation sites (N-methyl/N-ethyl adjacent to an activating group) is 1. The minimum atomic E-state index is -0.751. The molecule has 0 bridgehead atoms. The molecule has 11 heavy (non-hydrogen) atoms. The lowest BCUT2D eigenvalue weighted by atomic mass is 10.3. The third-order valence-electron chi connectivity index (χ3n) is 1.30. The van der Waals surface area contributed by atoms with Crippen LogP contribution in [-0.4, -0.2) is 36.1 Å². The van der Waals surface area contributed by atoms with Gasteiger partial charge in [0, 0.05) is 0 Å². The summed E-state index contributed by atoms with van der Waals surface area (Å²) in [5.74, 6) is -0.751. The van der Waals surface area contributed by atoms with E-state index in [0.29, 0.717) is 0 Å². The van der Waals surface area contributed by atoms with Crippen LogP contribution in [0.15, 0.2) is 0 Å². The summed E-state index contributed by atoms with van der Waals surface area (Å²) in [4.78, 5) is 11.9. The van der Waals surface area contributed by atoms with Gasteiger partial charge in [-0.05, 0) is 20.0 Å². The van der Waals surface area contributed by atoms with E-state index in [0.717, 1.165) is 19.4 Å². The van der Waals surface area contributed by atoms with E-state index in [2.05, 4.69) is 6.92 Å². The fourth-order valence-electron chi connectivity index (χ4n) is 0.738. The van der Waals surface area contributed by atoms with Crippen molar-refractivity contribution in [3.8, 4) is 0 Å². The molecule has 0 rings (SSSR count). The third-order valence-corrected chi connectivity index (χ3v) is 1.30. The first kappa shape index (κ1) is 13.0. The maximum absolute atomic E-state index is 10.1. The van der Waals surface area contributed by atoms with Crippen LogP contribution in [-0.2, 0) is 4.79 Å². The smallest absolute Gasteiger partial charge is 0.317 e. The Kier molecular flexibility index (Phi) is 8.87. The highest BCUT2D eigenvalue weighted by Crippen LogP contribution is 1.90. The van der Waals surface area contributed by atoms with Crippen molar-refractivity contribution >= 4 is 5.97 Å². The minimum Gasteiger partial charge on any atom is -0.480 e. The first-order chi connectivity index (χ1) is 4.66. The normalized spacial score (nSPS) is 9.36. The number of hydrogen-bond donors (Lipinski definition) is 2. The molecule has 0 aromatic rings. The van der Waals surface area contributed by atoms with Crippen molar-refractivity contribution in [1.82, 2.24) is 11.1 Å². The van der Waals surface area contributed by atoms with Crippen LogP contribution in [0.3, 0.4) is 0 Å². The van der Waals surface area contributed by atoms with Gasteiger partial charge < -0.3 is 11.3 Å². The van der Waals surface area contributed by atoms with Crippen molar-refractivity contribution < 1.29 is 9.90 Å². The number of hydrogen-bond acceptors (Lipinski definition) is 3. The molecule has 0 saturated carbocycles. The largest absolute Gasteiger partial charge is 0.480 e. The van der Waals surface area contributed by atoms with Gasteiger partial charge >= 0.3 is 5.97 Å². The quantitative estimate of drug-likeness (QED) is 0.631. The van der Waals surface area contributed by atoms with Crippen LogP contribution in [0.4, 0.5) is 0 Å². The van der Waals surface area contributed by atoms with Crippen molar-refractivity contribution in [3.05, 3.63) is 0 Å². The average molecular weight is 162 g/mol. The van der Waals surface area contributed by atoms with E-state index in [-0.39, 0.29) is 12.7 Å². The minimum absolute atomic E-state index is 0. The molecule has 0 spiro atoms. The highest BCUT2D eigenvalue weighted by atomic mass is 16.4. The van der Waals surface area contributed by atoms with Crippen LogP contribution >= 0.6 is 0 Å². The molecule has 0 aliphatic rings. The lowest BCUT2D eigenvalue weighted by molar-refractivity contribution is -0.137. The maximum atomic E-state index is 10.1. The molecule has 0 aliphatic heterocycles. The summed E-state index contributed by atoms with van der Waals surface area (Å²) in [5, 5.41) is 8.34. The Morgan fingerprint density at radius 2 is 2.09 bits per heavy atom.